The van der Waals surface area contributed by atoms with Crippen molar-refractivity contribution in [2.75, 3.05) is 0 Å². The molecular formula is C16H22ClN3. The zero-order chi connectivity index (χ0) is 14.5. The summed E-state index contributed by atoms with van der Waals surface area (Å²) in [6.45, 7) is 8.13. The van der Waals surface area contributed by atoms with Gasteiger partial charge in [0.2, 0.25) is 0 Å². The van der Waals surface area contributed by atoms with Gasteiger partial charge in [-0.2, -0.15) is 5.10 Å². The van der Waals surface area contributed by atoms with E-state index in [1.54, 1.807) is 0 Å². The molecule has 0 saturated heterocycles. The standard InChI is InChI=1S/C16H22ClN3/c1-4-15-10-16(20(5-2)19-15)11-18-12(3)13-7-6-8-14(17)9-13/h6-10,12,18H,4-5,11H2,1-3H3/t12-/m0/s1. The van der Waals surface area contributed by atoms with Gasteiger partial charge in [0.15, 0.2) is 0 Å². The second-order valence-corrected chi connectivity index (χ2v) is 5.39. The van der Waals surface area contributed by atoms with E-state index in [1.807, 2.05) is 18.2 Å². The van der Waals surface area contributed by atoms with Crippen molar-refractivity contribution >= 4 is 11.6 Å². The van der Waals surface area contributed by atoms with Crippen molar-refractivity contribution in [3.63, 3.8) is 0 Å². The third-order valence-corrected chi connectivity index (χ3v) is 3.75. The van der Waals surface area contributed by atoms with E-state index < -0.39 is 0 Å². The fourth-order valence-electron chi connectivity index (χ4n) is 2.26. The molecule has 2 aromatic rings. The number of hydrogen-bond donors (Lipinski definition) is 1. The lowest BCUT2D eigenvalue weighted by atomic mass is 10.1. The number of nitrogens with zero attached hydrogens (tertiary/aromatic N) is 2. The van der Waals surface area contributed by atoms with Crippen LogP contribution >= 0.6 is 11.6 Å². The van der Waals surface area contributed by atoms with E-state index >= 15 is 0 Å². The molecule has 108 valence electrons. The Morgan fingerprint density at radius 1 is 1.30 bits per heavy atom. The minimum absolute atomic E-state index is 0.263. The Morgan fingerprint density at radius 3 is 2.75 bits per heavy atom. The molecule has 20 heavy (non-hydrogen) atoms. The van der Waals surface area contributed by atoms with Crippen molar-refractivity contribution in [3.8, 4) is 0 Å². The van der Waals surface area contributed by atoms with Gasteiger partial charge in [0.05, 0.1) is 11.4 Å². The summed E-state index contributed by atoms with van der Waals surface area (Å²) in [5.74, 6) is 0. The van der Waals surface area contributed by atoms with E-state index in [-0.39, 0.29) is 6.04 Å². The van der Waals surface area contributed by atoms with Crippen molar-refractivity contribution in [2.45, 2.75) is 46.3 Å². The van der Waals surface area contributed by atoms with E-state index in [0.29, 0.717) is 0 Å². The van der Waals surface area contributed by atoms with Crippen LogP contribution in [0.3, 0.4) is 0 Å². The van der Waals surface area contributed by atoms with E-state index in [9.17, 15) is 0 Å². The van der Waals surface area contributed by atoms with Gasteiger partial charge in [0, 0.05) is 24.2 Å². The van der Waals surface area contributed by atoms with E-state index in [0.717, 1.165) is 30.2 Å². The first-order valence-electron chi connectivity index (χ1n) is 7.18. The van der Waals surface area contributed by atoms with Gasteiger partial charge in [-0.3, -0.25) is 4.68 Å². The number of hydrogen-bond acceptors (Lipinski definition) is 2. The molecule has 3 nitrogen and oxygen atoms in total. The maximum absolute atomic E-state index is 6.03. The minimum atomic E-state index is 0.263. The van der Waals surface area contributed by atoms with Crippen LogP contribution in [-0.2, 0) is 19.5 Å². The summed E-state index contributed by atoms with van der Waals surface area (Å²) in [7, 11) is 0. The molecule has 4 heteroatoms. The van der Waals surface area contributed by atoms with Crippen LogP contribution in [0, 0.1) is 0 Å². The summed E-state index contributed by atoms with van der Waals surface area (Å²) in [5, 5.41) is 8.88. The third-order valence-electron chi connectivity index (χ3n) is 3.51. The summed E-state index contributed by atoms with van der Waals surface area (Å²) in [6.07, 6.45) is 0.976. The highest BCUT2D eigenvalue weighted by Crippen LogP contribution is 2.18. The van der Waals surface area contributed by atoms with Crippen molar-refractivity contribution < 1.29 is 0 Å². The molecule has 1 heterocycles. The van der Waals surface area contributed by atoms with Gasteiger partial charge in [-0.25, -0.2) is 0 Å². The van der Waals surface area contributed by atoms with Gasteiger partial charge in [-0.1, -0.05) is 30.7 Å². The molecule has 0 aliphatic heterocycles. The average molecular weight is 292 g/mol. The highest BCUT2D eigenvalue weighted by Gasteiger charge is 2.09. The van der Waals surface area contributed by atoms with Crippen LogP contribution in [0.25, 0.3) is 0 Å². The predicted octanol–water partition coefficient (Wildman–Crippen LogP) is 3.97. The summed E-state index contributed by atoms with van der Waals surface area (Å²) in [5.41, 5.74) is 3.59. The van der Waals surface area contributed by atoms with Crippen LogP contribution in [0.2, 0.25) is 5.02 Å². The molecular weight excluding hydrogens is 270 g/mol. The Bertz CT molecular complexity index is 563. The minimum Gasteiger partial charge on any atom is -0.305 e. The average Bonchev–Trinajstić information content (AvgIpc) is 2.87. The summed E-state index contributed by atoms with van der Waals surface area (Å²) in [4.78, 5) is 0. The maximum atomic E-state index is 6.03. The molecule has 1 atom stereocenters. The molecule has 0 spiro atoms. The molecule has 0 radical (unpaired) electrons. The van der Waals surface area contributed by atoms with Crippen molar-refractivity contribution in [3.05, 3.63) is 52.3 Å². The Balaban J connectivity index is 2.03. The molecule has 1 N–H and O–H groups in total. The predicted molar refractivity (Wildman–Crippen MR) is 84.0 cm³/mol. The van der Waals surface area contributed by atoms with Gasteiger partial charge in [0.1, 0.15) is 0 Å². The normalized spacial score (nSPS) is 12.6. The zero-order valence-corrected chi connectivity index (χ0v) is 13.1. The molecule has 2 rings (SSSR count). The molecule has 0 amide bonds. The molecule has 0 aliphatic rings. The number of halogens is 1. The highest BCUT2D eigenvalue weighted by molar-refractivity contribution is 6.30. The molecule has 0 unspecified atom stereocenters. The summed E-state index contributed by atoms with van der Waals surface area (Å²) >= 11 is 6.03. The Kier molecular flexibility index (Phi) is 5.21. The maximum Gasteiger partial charge on any atom is 0.0625 e. The number of aryl methyl sites for hydroxylation is 2. The van der Waals surface area contributed by atoms with Crippen molar-refractivity contribution in [1.29, 1.82) is 0 Å². The molecule has 1 aromatic carbocycles. The molecule has 0 bridgehead atoms. The van der Waals surface area contributed by atoms with Gasteiger partial charge >= 0.3 is 0 Å². The Labute approximate surface area is 126 Å². The second kappa shape index (κ2) is 6.91. The van der Waals surface area contributed by atoms with Crippen LogP contribution in [0.1, 0.15) is 43.8 Å². The fourth-order valence-corrected chi connectivity index (χ4v) is 2.45. The van der Waals surface area contributed by atoms with Gasteiger partial charge in [-0.15, -0.1) is 0 Å². The smallest absolute Gasteiger partial charge is 0.0625 e. The van der Waals surface area contributed by atoms with Gasteiger partial charge in [0.25, 0.3) is 0 Å². The second-order valence-electron chi connectivity index (χ2n) is 4.95. The number of rotatable bonds is 6. The zero-order valence-electron chi connectivity index (χ0n) is 12.4. The molecule has 0 saturated carbocycles. The van der Waals surface area contributed by atoms with Crippen molar-refractivity contribution in [2.24, 2.45) is 0 Å². The quantitative estimate of drug-likeness (QED) is 0.873. The van der Waals surface area contributed by atoms with Crippen LogP contribution in [-0.4, -0.2) is 9.78 Å². The van der Waals surface area contributed by atoms with Crippen LogP contribution in [0.4, 0.5) is 0 Å². The van der Waals surface area contributed by atoms with Crippen LogP contribution < -0.4 is 5.32 Å². The first kappa shape index (κ1) is 15.1. The lowest BCUT2D eigenvalue weighted by Gasteiger charge is -2.15. The van der Waals surface area contributed by atoms with Crippen LogP contribution in [0.5, 0.6) is 0 Å². The van der Waals surface area contributed by atoms with Gasteiger partial charge < -0.3 is 5.32 Å². The van der Waals surface area contributed by atoms with Gasteiger partial charge in [-0.05, 0) is 44.0 Å². The monoisotopic (exact) mass is 291 g/mol. The third kappa shape index (κ3) is 3.62. The summed E-state index contributed by atoms with van der Waals surface area (Å²) in [6, 6.07) is 10.4. The Morgan fingerprint density at radius 2 is 2.10 bits per heavy atom. The number of aromatic nitrogens is 2. The van der Waals surface area contributed by atoms with Crippen LogP contribution in [0.15, 0.2) is 30.3 Å². The highest BCUT2D eigenvalue weighted by atomic mass is 35.5. The first-order chi connectivity index (χ1) is 9.63. The van der Waals surface area contributed by atoms with E-state index in [1.165, 1.54) is 11.3 Å². The first-order valence-corrected chi connectivity index (χ1v) is 7.56. The van der Waals surface area contributed by atoms with E-state index in [2.05, 4.69) is 48.0 Å². The Hall–Kier alpha value is -1.32. The largest absolute Gasteiger partial charge is 0.305 e. The SMILES string of the molecule is CCc1cc(CN[C@@H](C)c2cccc(Cl)c2)n(CC)n1. The lowest BCUT2D eigenvalue weighted by Crippen LogP contribution is -2.20. The summed E-state index contributed by atoms with van der Waals surface area (Å²) < 4.78 is 2.07. The topological polar surface area (TPSA) is 29.9 Å². The number of nitrogens with one attached hydrogen (secondary N) is 1. The van der Waals surface area contributed by atoms with E-state index in [4.69, 9.17) is 11.6 Å². The molecule has 0 fully saturated rings. The van der Waals surface area contributed by atoms with Crippen molar-refractivity contribution in [1.82, 2.24) is 15.1 Å². The molecule has 1 aromatic heterocycles. The lowest BCUT2D eigenvalue weighted by molar-refractivity contribution is 0.530. The molecule has 0 aliphatic carbocycles. The number of benzene rings is 1. The fraction of sp³-hybridized carbons (Fsp3) is 0.438.